The molecule has 0 spiro atoms. The Kier molecular flexibility index (Phi) is 4.22. The van der Waals surface area contributed by atoms with E-state index in [4.69, 9.17) is 23.2 Å². The summed E-state index contributed by atoms with van der Waals surface area (Å²) in [4.78, 5) is 24.2. The first-order chi connectivity index (χ1) is 9.95. The van der Waals surface area contributed by atoms with E-state index in [1.165, 1.54) is 0 Å². The van der Waals surface area contributed by atoms with Gasteiger partial charge in [-0.2, -0.15) is 0 Å². The Morgan fingerprint density at radius 3 is 2.05 bits per heavy atom. The maximum absolute atomic E-state index is 12.2. The van der Waals surface area contributed by atoms with Gasteiger partial charge in [0.15, 0.2) is 0 Å². The Balaban J connectivity index is 2.01. The van der Waals surface area contributed by atoms with Crippen molar-refractivity contribution in [1.29, 1.82) is 0 Å². The van der Waals surface area contributed by atoms with Gasteiger partial charge in [-0.25, -0.2) is 0 Å². The summed E-state index contributed by atoms with van der Waals surface area (Å²) in [6.07, 6.45) is 0.432. The van der Waals surface area contributed by atoms with Crippen molar-refractivity contribution in [3.63, 3.8) is 0 Å². The highest BCUT2D eigenvalue weighted by molar-refractivity contribution is 6.53. The Labute approximate surface area is 140 Å². The molecule has 0 heterocycles. The van der Waals surface area contributed by atoms with E-state index in [1.54, 1.807) is 31.2 Å². The van der Waals surface area contributed by atoms with Gasteiger partial charge in [-0.3, -0.25) is 9.59 Å². The van der Waals surface area contributed by atoms with Crippen molar-refractivity contribution in [3.8, 4) is 0 Å². The van der Waals surface area contributed by atoms with Gasteiger partial charge in [0, 0.05) is 16.8 Å². The number of carbonyl (C=O) groups is 2. The Hall–Kier alpha value is -1.26. The van der Waals surface area contributed by atoms with Crippen molar-refractivity contribution in [2.75, 3.05) is 5.32 Å². The summed E-state index contributed by atoms with van der Waals surface area (Å²) in [6, 6.07) is 6.71. The van der Waals surface area contributed by atoms with E-state index >= 15 is 0 Å². The van der Waals surface area contributed by atoms with Gasteiger partial charge in [0.25, 0.3) is 5.91 Å². The number of nitrogens with one attached hydrogen (secondary N) is 2. The van der Waals surface area contributed by atoms with Crippen LogP contribution in [0.5, 0.6) is 0 Å². The maximum Gasteiger partial charge on any atom is 0.251 e. The van der Waals surface area contributed by atoms with Gasteiger partial charge < -0.3 is 10.6 Å². The molecule has 2 N–H and O–H groups in total. The zero-order valence-corrected chi connectivity index (χ0v) is 14.6. The van der Waals surface area contributed by atoms with Crippen molar-refractivity contribution >= 4 is 40.7 Å². The number of anilines is 1. The van der Waals surface area contributed by atoms with Crippen LogP contribution in [-0.4, -0.2) is 21.7 Å². The zero-order chi connectivity index (χ0) is 16.8. The molecule has 1 atom stereocenters. The molecule has 1 fully saturated rings. The highest BCUT2D eigenvalue weighted by Crippen LogP contribution is 2.64. The Morgan fingerprint density at radius 2 is 1.64 bits per heavy atom. The Bertz CT molecular complexity index is 606. The Morgan fingerprint density at radius 1 is 1.14 bits per heavy atom. The quantitative estimate of drug-likeness (QED) is 0.822. The largest absolute Gasteiger partial charge is 0.347 e. The molecular formula is C16H20Cl2N2O2. The van der Waals surface area contributed by atoms with Crippen molar-refractivity contribution in [3.05, 3.63) is 29.8 Å². The lowest BCUT2D eigenvalue weighted by Gasteiger charge is -2.20. The molecule has 1 aromatic rings. The number of rotatable bonds is 3. The molecule has 0 aromatic heterocycles. The molecule has 0 radical (unpaired) electrons. The normalized spacial score (nSPS) is 22.8. The number of benzene rings is 1. The van der Waals surface area contributed by atoms with E-state index in [-0.39, 0.29) is 17.4 Å². The number of alkyl halides is 2. The first kappa shape index (κ1) is 17.1. The van der Waals surface area contributed by atoms with E-state index < -0.39 is 9.75 Å². The van der Waals surface area contributed by atoms with Crippen LogP contribution >= 0.6 is 23.2 Å². The van der Waals surface area contributed by atoms with Gasteiger partial charge in [-0.1, -0.05) is 0 Å². The van der Waals surface area contributed by atoms with Gasteiger partial charge in [0.1, 0.15) is 4.33 Å². The third-order valence-electron chi connectivity index (χ3n) is 3.65. The number of hydrogen-bond donors (Lipinski definition) is 2. The molecule has 4 nitrogen and oxygen atoms in total. The second kappa shape index (κ2) is 5.43. The fraction of sp³-hybridized carbons (Fsp3) is 0.500. The van der Waals surface area contributed by atoms with E-state index in [9.17, 15) is 9.59 Å². The van der Waals surface area contributed by atoms with E-state index in [2.05, 4.69) is 10.6 Å². The molecule has 0 saturated heterocycles. The number of carbonyl (C=O) groups excluding carboxylic acids is 2. The summed E-state index contributed by atoms with van der Waals surface area (Å²) in [5.41, 5.74) is 0.0802. The first-order valence-corrected chi connectivity index (χ1v) is 7.82. The van der Waals surface area contributed by atoms with E-state index in [1.807, 2.05) is 20.8 Å². The van der Waals surface area contributed by atoms with Crippen LogP contribution in [-0.2, 0) is 4.79 Å². The van der Waals surface area contributed by atoms with Gasteiger partial charge in [-0.15, -0.1) is 23.2 Å². The summed E-state index contributed by atoms with van der Waals surface area (Å²) in [5, 5.41) is 5.65. The monoisotopic (exact) mass is 342 g/mol. The van der Waals surface area contributed by atoms with Gasteiger partial charge in [0.05, 0.1) is 5.41 Å². The fourth-order valence-electron chi connectivity index (χ4n) is 2.03. The molecule has 2 amide bonds. The average Bonchev–Trinajstić information content (AvgIpc) is 2.88. The summed E-state index contributed by atoms with van der Waals surface area (Å²) in [7, 11) is 0. The second-order valence-corrected chi connectivity index (χ2v) is 8.43. The lowest BCUT2D eigenvalue weighted by atomic mass is 10.1. The summed E-state index contributed by atoms with van der Waals surface area (Å²) < 4.78 is -0.996. The van der Waals surface area contributed by atoms with Crippen LogP contribution < -0.4 is 10.6 Å². The maximum atomic E-state index is 12.2. The SMILES string of the molecule is CC(C)(C)NC(=O)c1ccc(NC(=O)[C@]2(C)CC2(Cl)Cl)cc1. The van der Waals surface area contributed by atoms with Crippen LogP contribution in [0.4, 0.5) is 5.69 Å². The molecule has 1 saturated carbocycles. The summed E-state index contributed by atoms with van der Waals surface area (Å²) in [6.45, 7) is 7.48. The third kappa shape index (κ3) is 3.55. The van der Waals surface area contributed by atoms with Gasteiger partial charge in [-0.05, 0) is 58.4 Å². The third-order valence-corrected chi connectivity index (χ3v) is 4.75. The highest BCUT2D eigenvalue weighted by atomic mass is 35.5. The van der Waals surface area contributed by atoms with Crippen LogP contribution in [0.1, 0.15) is 44.5 Å². The lowest BCUT2D eigenvalue weighted by molar-refractivity contribution is -0.120. The van der Waals surface area contributed by atoms with Crippen molar-refractivity contribution in [2.24, 2.45) is 5.41 Å². The van der Waals surface area contributed by atoms with Crippen molar-refractivity contribution in [1.82, 2.24) is 5.32 Å². The predicted octanol–water partition coefficient (Wildman–Crippen LogP) is 3.74. The minimum Gasteiger partial charge on any atom is -0.347 e. The van der Waals surface area contributed by atoms with Crippen LogP contribution in [0.3, 0.4) is 0 Å². The molecule has 0 unspecified atom stereocenters. The molecule has 1 aliphatic carbocycles. The number of hydrogen-bond acceptors (Lipinski definition) is 2. The van der Waals surface area contributed by atoms with Crippen LogP contribution in [0, 0.1) is 5.41 Å². The molecule has 2 rings (SSSR count). The van der Waals surface area contributed by atoms with E-state index in [0.717, 1.165) is 0 Å². The molecule has 0 aliphatic heterocycles. The van der Waals surface area contributed by atoms with Crippen LogP contribution in [0.15, 0.2) is 24.3 Å². The highest BCUT2D eigenvalue weighted by Gasteiger charge is 2.67. The minimum absolute atomic E-state index is 0.153. The van der Waals surface area contributed by atoms with Gasteiger partial charge in [0.2, 0.25) is 5.91 Å². The van der Waals surface area contributed by atoms with Crippen LogP contribution in [0.25, 0.3) is 0 Å². The molecule has 120 valence electrons. The molecule has 1 aliphatic rings. The predicted molar refractivity (Wildman–Crippen MR) is 89.5 cm³/mol. The molecular weight excluding hydrogens is 323 g/mol. The number of halogens is 2. The first-order valence-electron chi connectivity index (χ1n) is 7.06. The van der Waals surface area contributed by atoms with E-state index in [0.29, 0.717) is 17.7 Å². The summed E-state index contributed by atoms with van der Waals surface area (Å²) in [5.74, 6) is -0.371. The molecule has 6 heteroatoms. The molecule has 22 heavy (non-hydrogen) atoms. The zero-order valence-electron chi connectivity index (χ0n) is 13.1. The van der Waals surface area contributed by atoms with Crippen LogP contribution in [0.2, 0.25) is 0 Å². The minimum atomic E-state index is -0.996. The standard InChI is InChI=1S/C16H20Cl2N2O2/c1-14(2,3)20-12(21)10-5-7-11(8-6-10)19-13(22)15(4)9-16(15,17)18/h5-8H,9H2,1-4H3,(H,19,22)(H,20,21)/t15-/m0/s1. The molecule has 1 aromatic carbocycles. The second-order valence-electron chi connectivity index (χ2n) is 6.95. The molecule has 0 bridgehead atoms. The number of amides is 2. The fourth-order valence-corrected chi connectivity index (χ4v) is 2.74. The van der Waals surface area contributed by atoms with Gasteiger partial charge >= 0.3 is 0 Å². The lowest BCUT2D eigenvalue weighted by Crippen LogP contribution is -2.40. The smallest absolute Gasteiger partial charge is 0.251 e. The van der Waals surface area contributed by atoms with Crippen molar-refractivity contribution < 1.29 is 9.59 Å². The average molecular weight is 343 g/mol. The summed E-state index contributed by atoms with van der Waals surface area (Å²) >= 11 is 12.0. The van der Waals surface area contributed by atoms with Crippen molar-refractivity contribution in [2.45, 2.75) is 44.0 Å². The topological polar surface area (TPSA) is 58.2 Å².